The molecule has 1 aromatic carbocycles. The number of aliphatic hydroxyl groups is 1. The van der Waals surface area contributed by atoms with Crippen molar-refractivity contribution in [2.45, 2.75) is 18.9 Å². The van der Waals surface area contributed by atoms with E-state index in [-0.39, 0.29) is 11.8 Å². The summed E-state index contributed by atoms with van der Waals surface area (Å²) in [5.74, 6) is 1.43. The normalized spacial score (nSPS) is 23.6. The highest BCUT2D eigenvalue weighted by Crippen LogP contribution is 2.41. The lowest BCUT2D eigenvalue weighted by Gasteiger charge is -2.40. The van der Waals surface area contributed by atoms with Crippen LogP contribution in [0.1, 0.15) is 23.6 Å². The summed E-state index contributed by atoms with van der Waals surface area (Å²) in [5.41, 5.74) is 2.83. The van der Waals surface area contributed by atoms with Crippen LogP contribution in [0.5, 0.6) is 11.5 Å². The number of hydrogen-bond acceptors (Lipinski definition) is 5. The zero-order chi connectivity index (χ0) is 15.0. The number of carbonyl (C=O) groups excluding carboxylic acids is 1. The quantitative estimate of drug-likeness (QED) is 0.667. The molecule has 1 saturated heterocycles. The SMILES string of the molecule is COc1cc2c(cc1OC)C1CC(=O)C(=CO)CN1CC2. The van der Waals surface area contributed by atoms with Crippen molar-refractivity contribution >= 4 is 5.78 Å². The number of carbonyl (C=O) groups is 1. The molecule has 2 aliphatic rings. The van der Waals surface area contributed by atoms with Crippen molar-refractivity contribution in [2.75, 3.05) is 27.3 Å². The molecule has 3 rings (SSSR count). The van der Waals surface area contributed by atoms with Crippen molar-refractivity contribution in [3.63, 3.8) is 0 Å². The number of hydrogen-bond donors (Lipinski definition) is 1. The Hall–Kier alpha value is -2.01. The molecule has 0 aliphatic carbocycles. The van der Waals surface area contributed by atoms with Gasteiger partial charge in [0.2, 0.25) is 0 Å². The predicted octanol–water partition coefficient (Wildman–Crippen LogP) is 2.02. The lowest BCUT2D eigenvalue weighted by molar-refractivity contribution is -0.119. The van der Waals surface area contributed by atoms with Crippen LogP contribution in [0.25, 0.3) is 0 Å². The monoisotopic (exact) mass is 289 g/mol. The van der Waals surface area contributed by atoms with Crippen LogP contribution in [0.3, 0.4) is 0 Å². The minimum atomic E-state index is 0.0152. The molecule has 1 unspecified atom stereocenters. The summed E-state index contributed by atoms with van der Waals surface area (Å²) >= 11 is 0. The number of methoxy groups -OCH3 is 2. The molecule has 0 radical (unpaired) electrons. The molecule has 0 bridgehead atoms. The average Bonchev–Trinajstić information content (AvgIpc) is 2.52. The molecular weight excluding hydrogens is 270 g/mol. The predicted molar refractivity (Wildman–Crippen MR) is 77.9 cm³/mol. The largest absolute Gasteiger partial charge is 0.515 e. The number of rotatable bonds is 2. The van der Waals surface area contributed by atoms with Crippen LogP contribution in [-0.4, -0.2) is 43.1 Å². The van der Waals surface area contributed by atoms with Gasteiger partial charge in [0, 0.05) is 31.1 Å². The Kier molecular flexibility index (Phi) is 3.59. The first kappa shape index (κ1) is 13.9. The van der Waals surface area contributed by atoms with E-state index in [0.29, 0.717) is 24.3 Å². The molecule has 0 saturated carbocycles. The van der Waals surface area contributed by atoms with Gasteiger partial charge < -0.3 is 14.6 Å². The third-order valence-electron chi connectivity index (χ3n) is 4.38. The van der Waals surface area contributed by atoms with Crippen molar-refractivity contribution in [2.24, 2.45) is 0 Å². The van der Waals surface area contributed by atoms with Gasteiger partial charge in [-0.2, -0.15) is 0 Å². The van der Waals surface area contributed by atoms with E-state index in [9.17, 15) is 4.79 Å². The number of benzene rings is 1. The van der Waals surface area contributed by atoms with Gasteiger partial charge in [-0.25, -0.2) is 0 Å². The summed E-state index contributed by atoms with van der Waals surface area (Å²) < 4.78 is 10.7. The number of aliphatic hydroxyl groups excluding tert-OH is 1. The van der Waals surface area contributed by atoms with Gasteiger partial charge >= 0.3 is 0 Å². The van der Waals surface area contributed by atoms with E-state index in [2.05, 4.69) is 4.90 Å². The second-order valence-electron chi connectivity index (χ2n) is 5.42. The Bertz CT molecular complexity index is 609. The summed E-state index contributed by atoms with van der Waals surface area (Å²) in [6.45, 7) is 1.38. The van der Waals surface area contributed by atoms with Crippen LogP contribution in [-0.2, 0) is 11.2 Å². The standard InChI is InChI=1S/C16H19NO4/c1-20-15-5-10-3-4-17-8-11(9-18)14(19)7-13(17)12(10)6-16(15)21-2/h5-6,9,13,18H,3-4,7-8H2,1-2H3. The van der Waals surface area contributed by atoms with Crippen molar-refractivity contribution in [1.82, 2.24) is 4.90 Å². The summed E-state index contributed by atoms with van der Waals surface area (Å²) in [5, 5.41) is 9.15. The summed E-state index contributed by atoms with van der Waals surface area (Å²) in [4.78, 5) is 14.3. The number of nitrogens with zero attached hydrogens (tertiary/aromatic N) is 1. The fourth-order valence-corrected chi connectivity index (χ4v) is 3.23. The molecular formula is C16H19NO4. The maximum Gasteiger partial charge on any atom is 0.165 e. The van der Waals surface area contributed by atoms with Gasteiger partial charge in [0.15, 0.2) is 17.3 Å². The van der Waals surface area contributed by atoms with Gasteiger partial charge in [-0.15, -0.1) is 0 Å². The van der Waals surface area contributed by atoms with Gasteiger partial charge in [-0.1, -0.05) is 0 Å². The fourth-order valence-electron chi connectivity index (χ4n) is 3.23. The second-order valence-corrected chi connectivity index (χ2v) is 5.42. The highest BCUT2D eigenvalue weighted by molar-refractivity contribution is 5.96. The van der Waals surface area contributed by atoms with E-state index < -0.39 is 0 Å². The number of piperidine rings is 1. The molecule has 1 fully saturated rings. The van der Waals surface area contributed by atoms with Gasteiger partial charge in [0.25, 0.3) is 0 Å². The lowest BCUT2D eigenvalue weighted by Crippen LogP contribution is -2.42. The Balaban J connectivity index is 2.01. The van der Waals surface area contributed by atoms with Crippen LogP contribution in [0, 0.1) is 0 Å². The zero-order valence-electron chi connectivity index (χ0n) is 12.3. The van der Waals surface area contributed by atoms with E-state index in [1.54, 1.807) is 14.2 Å². The Morgan fingerprint density at radius 1 is 1.29 bits per heavy atom. The minimum Gasteiger partial charge on any atom is -0.515 e. The van der Waals surface area contributed by atoms with E-state index >= 15 is 0 Å². The van der Waals surface area contributed by atoms with E-state index in [1.165, 1.54) is 5.56 Å². The van der Waals surface area contributed by atoms with Crippen LogP contribution in [0.4, 0.5) is 0 Å². The molecule has 0 aromatic heterocycles. The van der Waals surface area contributed by atoms with Crippen LogP contribution < -0.4 is 9.47 Å². The summed E-state index contributed by atoms with van der Waals surface area (Å²) in [6, 6.07) is 4.05. The summed E-state index contributed by atoms with van der Waals surface area (Å²) in [6.07, 6.45) is 2.25. The molecule has 112 valence electrons. The molecule has 5 heteroatoms. The maximum absolute atomic E-state index is 12.1. The average molecular weight is 289 g/mol. The molecule has 0 spiro atoms. The van der Waals surface area contributed by atoms with Crippen molar-refractivity contribution < 1.29 is 19.4 Å². The third kappa shape index (κ3) is 2.27. The zero-order valence-corrected chi connectivity index (χ0v) is 12.3. The van der Waals surface area contributed by atoms with Crippen LogP contribution in [0.2, 0.25) is 0 Å². The van der Waals surface area contributed by atoms with Crippen molar-refractivity contribution in [3.05, 3.63) is 35.1 Å². The minimum absolute atomic E-state index is 0.0152. The molecule has 2 aliphatic heterocycles. The summed E-state index contributed by atoms with van der Waals surface area (Å²) in [7, 11) is 3.24. The number of ketones is 1. The highest BCUT2D eigenvalue weighted by atomic mass is 16.5. The van der Waals surface area contributed by atoms with Crippen molar-refractivity contribution in [3.8, 4) is 11.5 Å². The number of ether oxygens (including phenoxy) is 2. The van der Waals surface area contributed by atoms with Gasteiger partial charge in [-0.05, 0) is 29.7 Å². The highest BCUT2D eigenvalue weighted by Gasteiger charge is 2.36. The number of fused-ring (bicyclic) bond motifs is 3. The molecule has 0 amide bonds. The molecule has 1 N–H and O–H groups in total. The smallest absolute Gasteiger partial charge is 0.165 e. The number of Topliss-reactive ketones (excluding diaryl/α,β-unsaturated/α-hetero) is 1. The Morgan fingerprint density at radius 3 is 2.67 bits per heavy atom. The third-order valence-corrected chi connectivity index (χ3v) is 4.38. The fraction of sp³-hybridized carbons (Fsp3) is 0.438. The van der Waals surface area contributed by atoms with Gasteiger partial charge in [0.1, 0.15) is 0 Å². The molecule has 1 aromatic rings. The maximum atomic E-state index is 12.1. The van der Waals surface area contributed by atoms with E-state index in [0.717, 1.165) is 30.5 Å². The van der Waals surface area contributed by atoms with E-state index in [1.807, 2.05) is 12.1 Å². The molecule has 21 heavy (non-hydrogen) atoms. The van der Waals surface area contributed by atoms with Gasteiger partial charge in [0.05, 0.1) is 20.5 Å². The molecule has 1 atom stereocenters. The first-order valence-electron chi connectivity index (χ1n) is 7.03. The first-order chi connectivity index (χ1) is 10.2. The van der Waals surface area contributed by atoms with E-state index in [4.69, 9.17) is 14.6 Å². The molecule has 2 heterocycles. The molecule has 5 nitrogen and oxygen atoms in total. The second kappa shape index (κ2) is 5.41. The van der Waals surface area contributed by atoms with Crippen LogP contribution >= 0.6 is 0 Å². The topological polar surface area (TPSA) is 59.0 Å². The first-order valence-corrected chi connectivity index (χ1v) is 7.03. The Labute approximate surface area is 123 Å². The van der Waals surface area contributed by atoms with Gasteiger partial charge in [-0.3, -0.25) is 9.69 Å². The van der Waals surface area contributed by atoms with Crippen molar-refractivity contribution in [1.29, 1.82) is 0 Å². The van der Waals surface area contributed by atoms with Crippen LogP contribution in [0.15, 0.2) is 24.0 Å². The lowest BCUT2D eigenvalue weighted by atomic mass is 9.85. The Morgan fingerprint density at radius 2 is 2.00 bits per heavy atom.